The van der Waals surface area contributed by atoms with Crippen molar-refractivity contribution in [3.05, 3.63) is 89.0 Å². The van der Waals surface area contributed by atoms with Crippen molar-refractivity contribution in [2.24, 2.45) is 0 Å². The fourth-order valence-electron chi connectivity index (χ4n) is 3.59. The third-order valence-electron chi connectivity index (χ3n) is 5.23. The molecule has 166 valence electrons. The zero-order valence-corrected chi connectivity index (χ0v) is 22.5. The van der Waals surface area contributed by atoms with Crippen LogP contribution in [-0.4, -0.2) is 33.9 Å². The number of ether oxygens (including phenoxy) is 1. The van der Waals surface area contributed by atoms with E-state index in [9.17, 15) is 14.7 Å². The Morgan fingerprint density at radius 2 is 1.65 bits per heavy atom. The van der Waals surface area contributed by atoms with Crippen LogP contribution in [0.4, 0.5) is 0 Å². The fraction of sp³-hybridized carbons (Fsp3) is 0.120. The minimum absolute atomic E-state index is 0. The van der Waals surface area contributed by atoms with Gasteiger partial charge in [-0.1, -0.05) is 24.3 Å². The molecular weight excluding hydrogens is 479 g/mol. The first-order valence-electron chi connectivity index (χ1n) is 9.99. The summed E-state index contributed by atoms with van der Waals surface area (Å²) >= 11 is 2.60. The van der Waals surface area contributed by atoms with Gasteiger partial charge in [0.05, 0.1) is 24.8 Å². The molecule has 34 heavy (non-hydrogen) atoms. The minimum atomic E-state index is -1.43. The number of carboxylic acid groups (broad SMARTS) is 1. The van der Waals surface area contributed by atoms with Gasteiger partial charge < -0.3 is 14.6 Å². The van der Waals surface area contributed by atoms with Gasteiger partial charge in [0.2, 0.25) is 0 Å². The van der Waals surface area contributed by atoms with E-state index in [2.05, 4.69) is 8.75 Å². The van der Waals surface area contributed by atoms with E-state index in [0.717, 1.165) is 16.6 Å². The second kappa shape index (κ2) is 11.8. The van der Waals surface area contributed by atoms with Crippen molar-refractivity contribution in [3.8, 4) is 5.75 Å². The molecule has 0 amide bonds. The Morgan fingerprint density at radius 1 is 0.971 bits per heavy atom. The second-order valence-electron chi connectivity index (χ2n) is 7.15. The number of methoxy groups -OCH3 is 1. The summed E-state index contributed by atoms with van der Waals surface area (Å²) in [5.74, 6) is -1.25. The van der Waals surface area contributed by atoms with Gasteiger partial charge in [-0.15, -0.1) is 11.8 Å². The number of para-hydroxylation sites is 1. The van der Waals surface area contributed by atoms with Crippen molar-refractivity contribution in [1.82, 2.24) is 8.75 Å². The number of carbonyl (C=O) groups excluding carboxylic acids is 2. The summed E-state index contributed by atoms with van der Waals surface area (Å²) in [6, 6.07) is 19.2. The van der Waals surface area contributed by atoms with Crippen LogP contribution in [-0.2, 0) is 11.2 Å². The molecule has 3 aromatic carbocycles. The van der Waals surface area contributed by atoms with Gasteiger partial charge >= 0.3 is 29.6 Å². The molecule has 0 radical (unpaired) electrons. The largest absolute Gasteiger partial charge is 1.00 e. The number of rotatable bonds is 8. The van der Waals surface area contributed by atoms with Crippen molar-refractivity contribution in [2.75, 3.05) is 13.4 Å². The Hall–Kier alpha value is -2.49. The number of thioether (sulfide) groups is 1. The molecule has 0 aliphatic carbocycles. The molecule has 1 aromatic heterocycles. The topological polar surface area (TPSA) is 92.2 Å². The molecule has 0 aliphatic heterocycles. The monoisotopic (exact) mass is 498 g/mol. The van der Waals surface area contributed by atoms with Crippen LogP contribution in [0, 0.1) is 0 Å². The number of Topliss-reactive ketones (excluding diaryl/α,β-unsaturated/α-hetero) is 1. The van der Waals surface area contributed by atoms with Gasteiger partial charge in [-0.2, -0.15) is 8.75 Å². The molecule has 4 aromatic rings. The Kier molecular flexibility index (Phi) is 9.04. The molecule has 0 fully saturated rings. The maximum atomic E-state index is 13.7. The van der Waals surface area contributed by atoms with Gasteiger partial charge in [-0.25, -0.2) is 0 Å². The Balaban J connectivity index is 0.00000324. The molecule has 0 bridgehead atoms. The molecule has 0 aliphatic rings. The molecule has 0 atom stereocenters. The SMILES string of the molecule is COc1ccccc1C/C(C(=O)c1ccc(SC)cc1)=C(\C(=O)[O-])c1ccc2nsnc2c1.[Na+]. The van der Waals surface area contributed by atoms with Gasteiger partial charge in [-0.3, -0.25) is 4.79 Å². The van der Waals surface area contributed by atoms with E-state index in [4.69, 9.17) is 4.74 Å². The predicted octanol–water partition coefficient (Wildman–Crippen LogP) is 1.05. The van der Waals surface area contributed by atoms with Crippen LogP contribution in [0.3, 0.4) is 0 Å². The maximum absolute atomic E-state index is 13.7. The molecular formula is C25H19N2NaO4S2. The second-order valence-corrected chi connectivity index (χ2v) is 8.56. The molecule has 0 N–H and O–H groups in total. The average molecular weight is 499 g/mol. The predicted molar refractivity (Wildman–Crippen MR) is 129 cm³/mol. The summed E-state index contributed by atoms with van der Waals surface area (Å²) in [5.41, 5.74) is 2.59. The number of carbonyl (C=O) groups is 2. The number of aliphatic carboxylic acids is 1. The molecule has 0 spiro atoms. The quantitative estimate of drug-likeness (QED) is 0.155. The number of ketones is 1. The molecule has 0 saturated heterocycles. The summed E-state index contributed by atoms with van der Waals surface area (Å²) in [6.45, 7) is 0. The zero-order valence-electron chi connectivity index (χ0n) is 18.9. The zero-order chi connectivity index (χ0) is 23.4. The van der Waals surface area contributed by atoms with Crippen LogP contribution in [0.1, 0.15) is 21.5 Å². The van der Waals surface area contributed by atoms with Crippen molar-refractivity contribution in [2.45, 2.75) is 11.3 Å². The maximum Gasteiger partial charge on any atom is 1.00 e. The number of hydrogen-bond donors (Lipinski definition) is 0. The van der Waals surface area contributed by atoms with E-state index in [1.165, 1.54) is 7.11 Å². The summed E-state index contributed by atoms with van der Waals surface area (Å²) in [7, 11) is 1.54. The molecule has 6 nitrogen and oxygen atoms in total. The minimum Gasteiger partial charge on any atom is -0.545 e. The van der Waals surface area contributed by atoms with Gasteiger partial charge in [0, 0.05) is 28.0 Å². The van der Waals surface area contributed by atoms with Gasteiger partial charge in [0.1, 0.15) is 16.8 Å². The summed E-state index contributed by atoms with van der Waals surface area (Å²) in [4.78, 5) is 27.1. The number of hydrogen-bond acceptors (Lipinski definition) is 8. The number of carboxylic acids is 1. The molecule has 0 saturated carbocycles. The first-order chi connectivity index (χ1) is 16.0. The third-order valence-corrected chi connectivity index (χ3v) is 6.53. The number of aromatic nitrogens is 2. The number of allylic oxidation sites excluding steroid dienone is 1. The van der Waals surface area contributed by atoms with Crippen LogP contribution >= 0.6 is 23.5 Å². The van der Waals surface area contributed by atoms with E-state index >= 15 is 0 Å². The van der Waals surface area contributed by atoms with Crippen molar-refractivity contribution < 1.29 is 49.0 Å². The van der Waals surface area contributed by atoms with E-state index in [0.29, 0.717) is 33.5 Å². The Morgan fingerprint density at radius 3 is 2.32 bits per heavy atom. The first-order valence-corrected chi connectivity index (χ1v) is 11.9. The molecule has 9 heteroatoms. The summed E-state index contributed by atoms with van der Waals surface area (Å²) in [5, 5.41) is 12.4. The number of fused-ring (bicyclic) bond motifs is 1. The van der Waals surface area contributed by atoms with E-state index in [1.54, 1.807) is 48.2 Å². The molecule has 1 heterocycles. The molecule has 4 rings (SSSR count). The molecule has 0 unspecified atom stereocenters. The summed E-state index contributed by atoms with van der Waals surface area (Å²) in [6.07, 6.45) is 2.01. The summed E-state index contributed by atoms with van der Waals surface area (Å²) < 4.78 is 13.8. The van der Waals surface area contributed by atoms with Crippen molar-refractivity contribution in [1.29, 1.82) is 0 Å². The average Bonchev–Trinajstić information content (AvgIpc) is 3.31. The Bertz CT molecular complexity index is 1370. The van der Waals surface area contributed by atoms with Gasteiger partial charge in [-0.05, 0) is 59.8 Å². The van der Waals surface area contributed by atoms with E-state index in [1.807, 2.05) is 36.6 Å². The number of nitrogens with zero attached hydrogens (tertiary/aromatic N) is 2. The van der Waals surface area contributed by atoms with Crippen molar-refractivity contribution in [3.63, 3.8) is 0 Å². The van der Waals surface area contributed by atoms with E-state index < -0.39 is 5.97 Å². The normalized spacial score (nSPS) is 11.5. The van der Waals surface area contributed by atoms with E-state index in [-0.39, 0.29) is 52.9 Å². The Labute approximate surface area is 227 Å². The van der Waals surface area contributed by atoms with Crippen LogP contribution in [0.15, 0.2) is 77.2 Å². The number of benzene rings is 3. The van der Waals surface area contributed by atoms with Crippen LogP contribution in [0.5, 0.6) is 5.75 Å². The van der Waals surface area contributed by atoms with Crippen LogP contribution in [0.25, 0.3) is 16.6 Å². The standard InChI is InChI=1S/C25H20N2O4S2.Na/c1-31-22-6-4-3-5-16(22)13-19(24(28)15-7-10-18(32-2)11-8-15)23(25(29)30)17-9-12-20-21(14-17)27-33-26-20;/h3-12,14H,13H2,1-2H3,(H,29,30);/q;+1/p-1/b23-19+;. The smallest absolute Gasteiger partial charge is 0.545 e. The van der Waals surface area contributed by atoms with Crippen LogP contribution in [0.2, 0.25) is 0 Å². The first kappa shape index (κ1) is 26.1. The van der Waals surface area contributed by atoms with Crippen LogP contribution < -0.4 is 39.4 Å². The fourth-order valence-corrected chi connectivity index (χ4v) is 4.52. The van der Waals surface area contributed by atoms with Gasteiger partial charge in [0.15, 0.2) is 5.78 Å². The van der Waals surface area contributed by atoms with Gasteiger partial charge in [0.25, 0.3) is 0 Å². The van der Waals surface area contributed by atoms with Crippen molar-refractivity contribution >= 4 is 51.8 Å². The third kappa shape index (κ3) is 5.59.